The zero-order valence-electron chi connectivity index (χ0n) is 31.9. The molecule has 0 aromatic heterocycles. The summed E-state index contributed by atoms with van der Waals surface area (Å²) >= 11 is 0. The SMILES string of the molecule is C1=CC2=CC=CC3=CC=CC(=C1)C23.c1ccc2c(c1)ccc1ccccc12.c1ccc2cc3ccccc3cc2c1.c1ccc2ccccc2c1.c1ccccc1. The highest BCUT2D eigenvalue weighted by molar-refractivity contribution is 6.07. The van der Waals surface area contributed by atoms with Crippen LogP contribution in [0.15, 0.2) is 278 Å². The second-order valence-corrected chi connectivity index (χ2v) is 14.1. The van der Waals surface area contributed by atoms with E-state index in [9.17, 15) is 0 Å². The molecular formula is C57H44. The summed E-state index contributed by atoms with van der Waals surface area (Å²) in [6, 6.07) is 71.5. The fourth-order valence-corrected chi connectivity index (χ4v) is 7.49. The molecule has 0 bridgehead atoms. The normalized spacial score (nSPS) is 13.3. The van der Waals surface area contributed by atoms with E-state index in [1.807, 2.05) is 36.4 Å². The summed E-state index contributed by atoms with van der Waals surface area (Å²) in [5.41, 5.74) is 4.24. The van der Waals surface area contributed by atoms with Crippen LogP contribution in [0.1, 0.15) is 0 Å². The van der Waals surface area contributed by atoms with Crippen LogP contribution in [-0.4, -0.2) is 0 Å². The van der Waals surface area contributed by atoms with Crippen molar-refractivity contribution in [1.29, 1.82) is 0 Å². The van der Waals surface area contributed by atoms with Crippen LogP contribution in [0.5, 0.6) is 0 Å². The van der Waals surface area contributed by atoms with Crippen LogP contribution in [0.25, 0.3) is 53.9 Å². The third-order valence-corrected chi connectivity index (χ3v) is 10.3. The van der Waals surface area contributed by atoms with Crippen molar-refractivity contribution in [3.05, 3.63) is 278 Å². The summed E-state index contributed by atoms with van der Waals surface area (Å²) in [6.45, 7) is 0. The summed E-state index contributed by atoms with van der Waals surface area (Å²) in [4.78, 5) is 0. The minimum absolute atomic E-state index is 0.514. The predicted molar refractivity (Wildman–Crippen MR) is 248 cm³/mol. The molecule has 0 heterocycles. The molecule has 0 radical (unpaired) electrons. The van der Waals surface area contributed by atoms with Crippen LogP contribution in [0.3, 0.4) is 0 Å². The number of benzene rings is 9. The molecule has 9 aromatic carbocycles. The molecule has 0 saturated heterocycles. The lowest BCUT2D eigenvalue weighted by molar-refractivity contribution is 0.878. The first kappa shape index (κ1) is 36.7. The zero-order chi connectivity index (χ0) is 38.5. The first-order chi connectivity index (χ1) is 28.3. The Kier molecular flexibility index (Phi) is 11.8. The average molecular weight is 729 g/mol. The van der Waals surface area contributed by atoms with E-state index in [4.69, 9.17) is 0 Å². The van der Waals surface area contributed by atoms with Crippen LogP contribution in [0.4, 0.5) is 0 Å². The van der Waals surface area contributed by atoms with Crippen LogP contribution in [0, 0.1) is 5.92 Å². The van der Waals surface area contributed by atoms with E-state index >= 15 is 0 Å². The first-order valence-corrected chi connectivity index (χ1v) is 19.6. The lowest BCUT2D eigenvalue weighted by Gasteiger charge is -2.27. The molecule has 9 aromatic rings. The van der Waals surface area contributed by atoms with Gasteiger partial charge in [-0.2, -0.15) is 0 Å². The minimum Gasteiger partial charge on any atom is -0.0623 e. The largest absolute Gasteiger partial charge is 0.0623 e. The molecule has 0 nitrogen and oxygen atoms in total. The van der Waals surface area contributed by atoms with Gasteiger partial charge in [0.2, 0.25) is 0 Å². The molecule has 0 aliphatic heterocycles. The van der Waals surface area contributed by atoms with Gasteiger partial charge < -0.3 is 0 Å². The highest BCUT2D eigenvalue weighted by Gasteiger charge is 2.23. The van der Waals surface area contributed by atoms with E-state index in [0.717, 1.165) is 0 Å². The Morgan fingerprint density at radius 1 is 0.228 bits per heavy atom. The molecule has 3 aliphatic rings. The maximum Gasteiger partial charge on any atom is 0.0339 e. The van der Waals surface area contributed by atoms with Gasteiger partial charge in [0.1, 0.15) is 0 Å². The van der Waals surface area contributed by atoms with Gasteiger partial charge in [-0.25, -0.2) is 0 Å². The second-order valence-electron chi connectivity index (χ2n) is 14.1. The topological polar surface area (TPSA) is 0 Å². The molecular weight excluding hydrogens is 685 g/mol. The van der Waals surface area contributed by atoms with E-state index in [2.05, 4.69) is 225 Å². The molecule has 0 amide bonds. The number of fused-ring (bicyclic) bond motifs is 6. The van der Waals surface area contributed by atoms with Crippen LogP contribution in [0.2, 0.25) is 0 Å². The number of allylic oxidation sites excluding steroid dienone is 12. The number of rotatable bonds is 0. The van der Waals surface area contributed by atoms with Crippen molar-refractivity contribution in [2.75, 3.05) is 0 Å². The predicted octanol–water partition coefficient (Wildman–Crippen LogP) is 15.6. The highest BCUT2D eigenvalue weighted by Crippen LogP contribution is 2.38. The molecule has 3 aliphatic carbocycles. The van der Waals surface area contributed by atoms with Gasteiger partial charge in [-0.15, -0.1) is 0 Å². The molecule has 0 spiro atoms. The lowest BCUT2D eigenvalue weighted by Crippen LogP contribution is -2.13. The van der Waals surface area contributed by atoms with Gasteiger partial charge >= 0.3 is 0 Å². The lowest BCUT2D eigenvalue weighted by atomic mass is 9.76. The summed E-state index contributed by atoms with van der Waals surface area (Å²) in [7, 11) is 0. The first-order valence-electron chi connectivity index (χ1n) is 19.6. The maximum absolute atomic E-state index is 2.24. The van der Waals surface area contributed by atoms with Gasteiger partial charge in [-0.1, -0.05) is 249 Å². The average Bonchev–Trinajstić information content (AvgIpc) is 3.30. The Hall–Kier alpha value is -7.28. The third-order valence-electron chi connectivity index (χ3n) is 10.3. The van der Waals surface area contributed by atoms with Crippen LogP contribution < -0.4 is 0 Å². The van der Waals surface area contributed by atoms with Crippen LogP contribution in [-0.2, 0) is 0 Å². The summed E-state index contributed by atoms with van der Waals surface area (Å²) in [5.74, 6) is 0.514. The molecule has 0 saturated carbocycles. The van der Waals surface area contributed by atoms with Crippen molar-refractivity contribution in [3.63, 3.8) is 0 Å². The van der Waals surface area contributed by atoms with Gasteiger partial charge in [0.05, 0.1) is 0 Å². The smallest absolute Gasteiger partial charge is 0.0339 e. The van der Waals surface area contributed by atoms with E-state index in [1.165, 1.54) is 70.6 Å². The van der Waals surface area contributed by atoms with E-state index < -0.39 is 0 Å². The van der Waals surface area contributed by atoms with E-state index in [-0.39, 0.29) is 0 Å². The van der Waals surface area contributed by atoms with Crippen molar-refractivity contribution >= 4 is 53.9 Å². The molecule has 12 rings (SSSR count). The van der Waals surface area contributed by atoms with Crippen molar-refractivity contribution in [3.8, 4) is 0 Å². The van der Waals surface area contributed by atoms with Crippen LogP contribution >= 0.6 is 0 Å². The van der Waals surface area contributed by atoms with E-state index in [0.29, 0.717) is 5.92 Å². The Morgan fingerprint density at radius 3 is 0.807 bits per heavy atom. The Bertz CT molecular complexity index is 2620. The van der Waals surface area contributed by atoms with Gasteiger partial charge in [0, 0.05) is 5.92 Å². The molecule has 0 heteroatoms. The van der Waals surface area contributed by atoms with Gasteiger partial charge in [-0.05, 0) is 82.7 Å². The Morgan fingerprint density at radius 2 is 0.491 bits per heavy atom. The highest BCUT2D eigenvalue weighted by atomic mass is 14.3. The summed E-state index contributed by atoms with van der Waals surface area (Å²) in [5, 5.41) is 13.2. The molecule has 0 fully saturated rings. The standard InChI is InChI=1S/2C14H10.C13H10.C10H8.C6H6/c1-3-7-13-11(5-1)9-10-12-6-2-4-8-14(12)13;1-2-6-12-10-14-8-4-3-7-13(14)9-11(12)5-1;1-4-10-6-2-8-12-9-3-7-11(5-1)13(10)12;1-2-6-10-8-4-3-7-9(10)5-1;1-2-4-6-5-3-1/h2*1-10H;1-9,13H;1-8H;1-6H. The number of hydrogen-bond acceptors (Lipinski definition) is 0. The quantitative estimate of drug-likeness (QED) is 0.108. The van der Waals surface area contributed by atoms with Gasteiger partial charge in [0.25, 0.3) is 0 Å². The third kappa shape index (κ3) is 9.16. The van der Waals surface area contributed by atoms with Crippen molar-refractivity contribution in [1.82, 2.24) is 0 Å². The van der Waals surface area contributed by atoms with Gasteiger partial charge in [-0.3, -0.25) is 0 Å². The molecule has 0 atom stereocenters. The van der Waals surface area contributed by atoms with Crippen molar-refractivity contribution in [2.45, 2.75) is 0 Å². The molecule has 272 valence electrons. The zero-order valence-corrected chi connectivity index (χ0v) is 31.9. The summed E-state index contributed by atoms with van der Waals surface area (Å²) < 4.78 is 0. The number of hydrogen-bond donors (Lipinski definition) is 0. The van der Waals surface area contributed by atoms with Crippen molar-refractivity contribution < 1.29 is 0 Å². The molecule has 0 N–H and O–H groups in total. The monoisotopic (exact) mass is 728 g/mol. The second kappa shape index (κ2) is 18.4. The minimum atomic E-state index is 0.514. The van der Waals surface area contributed by atoms with Gasteiger partial charge in [0.15, 0.2) is 0 Å². The molecule has 57 heavy (non-hydrogen) atoms. The van der Waals surface area contributed by atoms with Crippen molar-refractivity contribution in [2.24, 2.45) is 5.92 Å². The maximum atomic E-state index is 2.24. The van der Waals surface area contributed by atoms with E-state index in [1.54, 1.807) is 0 Å². The molecule has 0 unspecified atom stereocenters. The Balaban J connectivity index is 0.000000102. The Labute approximate surface area is 336 Å². The fourth-order valence-electron chi connectivity index (χ4n) is 7.49. The fraction of sp³-hybridized carbons (Fsp3) is 0.0175. The summed E-state index contributed by atoms with van der Waals surface area (Å²) in [6.07, 6.45) is 19.6.